The maximum atomic E-state index is 13.3. The molecule has 0 heterocycles. The molecule has 25 heavy (non-hydrogen) atoms. The van der Waals surface area contributed by atoms with Crippen molar-refractivity contribution < 1.29 is 22.4 Å². The van der Waals surface area contributed by atoms with Crippen molar-refractivity contribution in [3.05, 3.63) is 71.0 Å². The fourth-order valence-corrected chi connectivity index (χ4v) is 3.46. The maximum absolute atomic E-state index is 13.3. The van der Waals surface area contributed by atoms with Gasteiger partial charge in [-0.1, -0.05) is 30.7 Å². The van der Waals surface area contributed by atoms with Crippen LogP contribution in [0.4, 0.5) is 17.6 Å². The highest BCUT2D eigenvalue weighted by atomic mass is 19.4. The second kappa shape index (κ2) is 6.86. The molecule has 0 saturated heterocycles. The Labute approximate surface area is 142 Å². The van der Waals surface area contributed by atoms with Gasteiger partial charge in [-0.2, -0.15) is 13.2 Å². The van der Waals surface area contributed by atoms with Gasteiger partial charge in [0.15, 0.2) is 0 Å². The van der Waals surface area contributed by atoms with Gasteiger partial charge in [-0.15, -0.1) is 0 Å². The first-order valence-corrected chi connectivity index (χ1v) is 8.09. The summed E-state index contributed by atoms with van der Waals surface area (Å²) in [5.74, 6) is -1.41. The van der Waals surface area contributed by atoms with E-state index in [0.29, 0.717) is 12.8 Å². The van der Waals surface area contributed by atoms with Gasteiger partial charge in [-0.3, -0.25) is 4.79 Å². The van der Waals surface area contributed by atoms with Gasteiger partial charge in [0, 0.05) is 17.5 Å². The standard InChI is InChI=1S/C19H17F4NO/c20-13-6-3-5-12(11-13)18(25)24-17-10-4-8-15(17)14-7-1-2-9-16(14)19(21,22)23/h1-3,5-7,9,11,15,17H,4,8,10H2,(H,24,25). The number of carbonyl (C=O) groups excluding carboxylic acids is 1. The number of amides is 1. The molecule has 6 heteroatoms. The minimum absolute atomic E-state index is 0.162. The maximum Gasteiger partial charge on any atom is 0.416 e. The van der Waals surface area contributed by atoms with Crippen LogP contribution in [0.5, 0.6) is 0 Å². The molecule has 2 atom stereocenters. The van der Waals surface area contributed by atoms with Crippen LogP contribution in [0.2, 0.25) is 0 Å². The molecule has 1 aliphatic rings. The van der Waals surface area contributed by atoms with Crippen LogP contribution in [-0.4, -0.2) is 11.9 Å². The van der Waals surface area contributed by atoms with E-state index in [1.54, 1.807) is 6.07 Å². The van der Waals surface area contributed by atoms with Crippen molar-refractivity contribution in [1.29, 1.82) is 0 Å². The first-order chi connectivity index (χ1) is 11.9. The Hall–Kier alpha value is -2.37. The average Bonchev–Trinajstić information content (AvgIpc) is 3.02. The van der Waals surface area contributed by atoms with Crippen molar-refractivity contribution in [2.45, 2.75) is 37.4 Å². The number of rotatable bonds is 3. The van der Waals surface area contributed by atoms with Gasteiger partial charge in [-0.05, 0) is 42.7 Å². The quantitative estimate of drug-likeness (QED) is 0.782. The lowest BCUT2D eigenvalue weighted by Gasteiger charge is -2.24. The van der Waals surface area contributed by atoms with Crippen molar-refractivity contribution in [3.8, 4) is 0 Å². The Morgan fingerprint density at radius 1 is 1.04 bits per heavy atom. The summed E-state index contributed by atoms with van der Waals surface area (Å²) in [6, 6.07) is 10.3. The van der Waals surface area contributed by atoms with Crippen molar-refractivity contribution in [2.24, 2.45) is 0 Å². The van der Waals surface area contributed by atoms with Gasteiger partial charge < -0.3 is 5.32 Å². The molecule has 0 radical (unpaired) electrons. The molecule has 2 aromatic carbocycles. The van der Waals surface area contributed by atoms with Gasteiger partial charge in [-0.25, -0.2) is 4.39 Å². The Kier molecular flexibility index (Phi) is 4.79. The molecule has 1 fully saturated rings. The molecular weight excluding hydrogens is 334 g/mol. The van der Waals surface area contributed by atoms with E-state index in [4.69, 9.17) is 0 Å². The van der Waals surface area contributed by atoms with E-state index < -0.39 is 35.4 Å². The summed E-state index contributed by atoms with van der Waals surface area (Å²) in [6.07, 6.45) is -2.54. The fraction of sp³-hybridized carbons (Fsp3) is 0.316. The van der Waals surface area contributed by atoms with Crippen LogP contribution in [0, 0.1) is 5.82 Å². The molecule has 2 unspecified atom stereocenters. The van der Waals surface area contributed by atoms with E-state index in [0.717, 1.165) is 18.6 Å². The first kappa shape index (κ1) is 17.5. The topological polar surface area (TPSA) is 29.1 Å². The summed E-state index contributed by atoms with van der Waals surface area (Å²) in [5.41, 5.74) is -0.293. The molecule has 0 aliphatic heterocycles. The third-order valence-corrected chi connectivity index (χ3v) is 4.58. The second-order valence-electron chi connectivity index (χ2n) is 6.21. The summed E-state index contributed by atoms with van der Waals surface area (Å²) in [6.45, 7) is 0. The lowest BCUT2D eigenvalue weighted by Crippen LogP contribution is -2.37. The van der Waals surface area contributed by atoms with Gasteiger partial charge in [0.05, 0.1) is 5.56 Å². The number of hydrogen-bond acceptors (Lipinski definition) is 1. The molecule has 3 rings (SSSR count). The van der Waals surface area contributed by atoms with Crippen LogP contribution in [0.15, 0.2) is 48.5 Å². The molecule has 1 saturated carbocycles. The van der Waals surface area contributed by atoms with Crippen LogP contribution in [0.25, 0.3) is 0 Å². The van der Waals surface area contributed by atoms with Crippen LogP contribution >= 0.6 is 0 Å². The average molecular weight is 351 g/mol. The molecule has 1 aliphatic carbocycles. The number of hydrogen-bond donors (Lipinski definition) is 1. The smallest absolute Gasteiger partial charge is 0.349 e. The largest absolute Gasteiger partial charge is 0.416 e. The number of nitrogens with one attached hydrogen (secondary N) is 1. The van der Waals surface area contributed by atoms with Crippen LogP contribution in [0.1, 0.15) is 46.7 Å². The van der Waals surface area contributed by atoms with Crippen LogP contribution in [-0.2, 0) is 6.18 Å². The third-order valence-electron chi connectivity index (χ3n) is 4.58. The third kappa shape index (κ3) is 3.83. The highest BCUT2D eigenvalue weighted by Gasteiger charge is 2.38. The highest BCUT2D eigenvalue weighted by Crippen LogP contribution is 2.41. The van der Waals surface area contributed by atoms with Crippen molar-refractivity contribution in [1.82, 2.24) is 5.32 Å². The van der Waals surface area contributed by atoms with E-state index in [2.05, 4.69) is 5.32 Å². The molecule has 0 aromatic heterocycles. The number of halogens is 4. The molecule has 2 aromatic rings. The summed E-state index contributed by atoms with van der Waals surface area (Å²) >= 11 is 0. The van der Waals surface area contributed by atoms with E-state index in [9.17, 15) is 22.4 Å². The zero-order valence-corrected chi connectivity index (χ0v) is 13.3. The van der Waals surface area contributed by atoms with Crippen LogP contribution in [0.3, 0.4) is 0 Å². The zero-order chi connectivity index (χ0) is 18.0. The molecule has 2 nitrogen and oxygen atoms in total. The molecule has 1 N–H and O–H groups in total. The normalized spacial score (nSPS) is 20.5. The number of carbonyl (C=O) groups is 1. The predicted molar refractivity (Wildman–Crippen MR) is 85.7 cm³/mol. The van der Waals surface area contributed by atoms with Crippen molar-refractivity contribution in [2.75, 3.05) is 0 Å². The second-order valence-corrected chi connectivity index (χ2v) is 6.21. The first-order valence-electron chi connectivity index (χ1n) is 8.09. The fourth-order valence-electron chi connectivity index (χ4n) is 3.46. The van der Waals surface area contributed by atoms with Gasteiger partial charge >= 0.3 is 6.18 Å². The zero-order valence-electron chi connectivity index (χ0n) is 13.3. The summed E-state index contributed by atoms with van der Waals surface area (Å²) < 4.78 is 53.1. The van der Waals surface area contributed by atoms with Gasteiger partial charge in [0.1, 0.15) is 5.82 Å². The van der Waals surface area contributed by atoms with Crippen molar-refractivity contribution >= 4 is 5.91 Å². The van der Waals surface area contributed by atoms with Gasteiger partial charge in [0.25, 0.3) is 5.91 Å². The molecule has 132 valence electrons. The van der Waals surface area contributed by atoms with E-state index in [1.807, 2.05) is 0 Å². The Morgan fingerprint density at radius 2 is 1.80 bits per heavy atom. The summed E-state index contributed by atoms with van der Waals surface area (Å²) in [4.78, 5) is 12.3. The predicted octanol–water partition coefficient (Wildman–Crippen LogP) is 4.91. The van der Waals surface area contributed by atoms with E-state index in [-0.39, 0.29) is 11.1 Å². The van der Waals surface area contributed by atoms with Crippen LogP contribution < -0.4 is 5.32 Å². The molecule has 1 amide bonds. The molecule has 0 spiro atoms. The highest BCUT2D eigenvalue weighted by molar-refractivity contribution is 5.94. The minimum Gasteiger partial charge on any atom is -0.349 e. The lowest BCUT2D eigenvalue weighted by atomic mass is 9.89. The Morgan fingerprint density at radius 3 is 2.52 bits per heavy atom. The number of benzene rings is 2. The van der Waals surface area contributed by atoms with Crippen molar-refractivity contribution in [3.63, 3.8) is 0 Å². The monoisotopic (exact) mass is 351 g/mol. The van der Waals surface area contributed by atoms with E-state index >= 15 is 0 Å². The van der Waals surface area contributed by atoms with Gasteiger partial charge in [0.2, 0.25) is 0 Å². The minimum atomic E-state index is -4.43. The lowest BCUT2D eigenvalue weighted by molar-refractivity contribution is -0.138. The Balaban J connectivity index is 1.83. The Bertz CT molecular complexity index is 772. The SMILES string of the molecule is O=C(NC1CCCC1c1ccccc1C(F)(F)F)c1cccc(F)c1. The summed E-state index contributed by atoms with van der Waals surface area (Å²) in [5, 5.41) is 2.78. The molecule has 0 bridgehead atoms. The number of alkyl halides is 3. The molecular formula is C19H17F4NO. The summed E-state index contributed by atoms with van der Waals surface area (Å²) in [7, 11) is 0. The van der Waals surface area contributed by atoms with E-state index in [1.165, 1.54) is 30.3 Å².